The van der Waals surface area contributed by atoms with Crippen LogP contribution >= 0.6 is 0 Å². The van der Waals surface area contributed by atoms with Crippen molar-refractivity contribution in [3.05, 3.63) is 39.6 Å². The lowest BCUT2D eigenvalue weighted by molar-refractivity contribution is 0.101. The van der Waals surface area contributed by atoms with E-state index in [4.69, 9.17) is 4.74 Å². The van der Waals surface area contributed by atoms with Gasteiger partial charge >= 0.3 is 0 Å². The van der Waals surface area contributed by atoms with Crippen LogP contribution in [-0.2, 0) is 11.3 Å². The van der Waals surface area contributed by atoms with E-state index in [1.807, 2.05) is 6.92 Å². The molecule has 0 radical (unpaired) electrons. The Bertz CT molecular complexity index is 685. The van der Waals surface area contributed by atoms with Gasteiger partial charge in [-0.2, -0.15) is 10.2 Å². The number of hydrogen-bond donors (Lipinski definition) is 2. The van der Waals surface area contributed by atoms with Crippen LogP contribution in [0.4, 0.5) is 5.69 Å². The molecular formula is C13H17N5O3. The lowest BCUT2D eigenvalue weighted by Gasteiger charge is -2.07. The Hall–Kier alpha value is -2.48. The topological polar surface area (TPSA) is 102 Å². The summed E-state index contributed by atoms with van der Waals surface area (Å²) in [6.07, 6.45) is 0. The van der Waals surface area contributed by atoms with Crippen LogP contribution in [0.5, 0.6) is 0 Å². The summed E-state index contributed by atoms with van der Waals surface area (Å²) in [4.78, 5) is 23.8. The molecule has 0 aliphatic rings. The fraction of sp³-hybridized carbons (Fsp3) is 0.385. The smallest absolute Gasteiger partial charge is 0.276 e. The summed E-state index contributed by atoms with van der Waals surface area (Å²) in [5, 5.41) is 13.6. The molecule has 2 aromatic heterocycles. The first-order chi connectivity index (χ1) is 10.0. The minimum atomic E-state index is -0.395. The molecule has 0 saturated carbocycles. The molecule has 0 bridgehead atoms. The standard InChI is InChI=1S/C13H17N5O3/c1-8-12(9(2)16-15-8)14-13(20)10-4-5-11(19)18(17-10)6-7-21-3/h4-5H,6-7H2,1-3H3,(H,14,20)(H,15,16). The van der Waals surface area contributed by atoms with Crippen molar-refractivity contribution in [3.8, 4) is 0 Å². The minimum Gasteiger partial charge on any atom is -0.383 e. The van der Waals surface area contributed by atoms with E-state index in [1.54, 1.807) is 6.92 Å². The molecule has 0 saturated heterocycles. The van der Waals surface area contributed by atoms with Crippen molar-refractivity contribution in [1.82, 2.24) is 20.0 Å². The maximum absolute atomic E-state index is 12.2. The first kappa shape index (κ1) is 14.9. The molecule has 8 heteroatoms. The predicted molar refractivity (Wildman–Crippen MR) is 76.4 cm³/mol. The molecule has 0 aliphatic heterocycles. The van der Waals surface area contributed by atoms with Crippen molar-refractivity contribution < 1.29 is 9.53 Å². The number of ether oxygens (including phenoxy) is 1. The van der Waals surface area contributed by atoms with Crippen LogP contribution in [0, 0.1) is 13.8 Å². The number of aryl methyl sites for hydroxylation is 2. The fourth-order valence-corrected chi connectivity index (χ4v) is 1.82. The second kappa shape index (κ2) is 6.31. The Kier molecular flexibility index (Phi) is 4.49. The first-order valence-electron chi connectivity index (χ1n) is 6.43. The van der Waals surface area contributed by atoms with Crippen molar-refractivity contribution >= 4 is 11.6 Å². The van der Waals surface area contributed by atoms with E-state index in [9.17, 15) is 9.59 Å². The Labute approximate surface area is 121 Å². The molecule has 21 heavy (non-hydrogen) atoms. The van der Waals surface area contributed by atoms with Crippen LogP contribution in [0.1, 0.15) is 21.9 Å². The van der Waals surface area contributed by atoms with Crippen molar-refractivity contribution in [2.75, 3.05) is 19.0 Å². The Morgan fingerprint density at radius 3 is 2.81 bits per heavy atom. The van der Waals surface area contributed by atoms with E-state index < -0.39 is 5.91 Å². The quantitative estimate of drug-likeness (QED) is 0.834. The van der Waals surface area contributed by atoms with Gasteiger partial charge in [-0.3, -0.25) is 14.7 Å². The predicted octanol–water partition coefficient (Wildman–Crippen LogP) is 0.482. The Morgan fingerprint density at radius 2 is 2.19 bits per heavy atom. The monoisotopic (exact) mass is 291 g/mol. The van der Waals surface area contributed by atoms with Gasteiger partial charge in [0, 0.05) is 13.2 Å². The summed E-state index contributed by atoms with van der Waals surface area (Å²) in [5.41, 5.74) is 1.95. The molecule has 0 fully saturated rings. The first-order valence-corrected chi connectivity index (χ1v) is 6.43. The molecular weight excluding hydrogens is 274 g/mol. The lowest BCUT2D eigenvalue weighted by atomic mass is 10.3. The highest BCUT2D eigenvalue weighted by Crippen LogP contribution is 2.16. The number of methoxy groups -OCH3 is 1. The van der Waals surface area contributed by atoms with E-state index >= 15 is 0 Å². The van der Waals surface area contributed by atoms with E-state index in [0.717, 1.165) is 5.69 Å². The molecule has 0 atom stereocenters. The van der Waals surface area contributed by atoms with E-state index in [0.29, 0.717) is 24.5 Å². The highest BCUT2D eigenvalue weighted by atomic mass is 16.5. The Balaban J connectivity index is 2.21. The summed E-state index contributed by atoms with van der Waals surface area (Å²) in [5.74, 6) is -0.395. The third-order valence-electron chi connectivity index (χ3n) is 2.97. The highest BCUT2D eigenvalue weighted by molar-refractivity contribution is 6.03. The maximum Gasteiger partial charge on any atom is 0.276 e. The number of amides is 1. The number of H-pyrrole nitrogens is 1. The van der Waals surface area contributed by atoms with Crippen molar-refractivity contribution in [1.29, 1.82) is 0 Å². The Morgan fingerprint density at radius 1 is 1.43 bits per heavy atom. The number of nitrogens with zero attached hydrogens (tertiary/aromatic N) is 3. The average Bonchev–Trinajstić information content (AvgIpc) is 2.78. The van der Waals surface area contributed by atoms with Gasteiger partial charge < -0.3 is 10.1 Å². The summed E-state index contributed by atoms with van der Waals surface area (Å²) >= 11 is 0. The summed E-state index contributed by atoms with van der Waals surface area (Å²) in [6, 6.07) is 2.71. The fourth-order valence-electron chi connectivity index (χ4n) is 1.82. The minimum absolute atomic E-state index is 0.158. The van der Waals surface area contributed by atoms with Crippen LogP contribution in [-0.4, -0.2) is 39.6 Å². The van der Waals surface area contributed by atoms with Crippen LogP contribution in [0.25, 0.3) is 0 Å². The molecule has 2 heterocycles. The van der Waals surface area contributed by atoms with Gasteiger partial charge in [-0.15, -0.1) is 0 Å². The van der Waals surface area contributed by atoms with Crippen LogP contribution < -0.4 is 10.9 Å². The third kappa shape index (κ3) is 3.34. The zero-order valence-corrected chi connectivity index (χ0v) is 12.1. The van der Waals surface area contributed by atoms with Gasteiger partial charge in [0.2, 0.25) is 0 Å². The lowest BCUT2D eigenvalue weighted by Crippen LogP contribution is -2.27. The van der Waals surface area contributed by atoms with Gasteiger partial charge in [-0.1, -0.05) is 0 Å². The van der Waals surface area contributed by atoms with Crippen molar-refractivity contribution in [2.24, 2.45) is 0 Å². The maximum atomic E-state index is 12.2. The number of carbonyl (C=O) groups is 1. The van der Waals surface area contributed by atoms with Gasteiger partial charge in [0.1, 0.15) is 5.69 Å². The summed E-state index contributed by atoms with van der Waals surface area (Å²) < 4.78 is 6.11. The third-order valence-corrected chi connectivity index (χ3v) is 2.97. The summed E-state index contributed by atoms with van der Waals surface area (Å²) in [7, 11) is 1.53. The van der Waals surface area contributed by atoms with Crippen LogP contribution in [0.3, 0.4) is 0 Å². The van der Waals surface area contributed by atoms with Gasteiger partial charge in [-0.05, 0) is 19.9 Å². The van der Waals surface area contributed by atoms with E-state index in [1.165, 1.54) is 23.9 Å². The van der Waals surface area contributed by atoms with E-state index in [2.05, 4.69) is 20.6 Å². The molecule has 1 amide bonds. The van der Waals surface area contributed by atoms with Crippen LogP contribution in [0.2, 0.25) is 0 Å². The van der Waals surface area contributed by atoms with Gasteiger partial charge in [0.05, 0.1) is 30.2 Å². The molecule has 0 aliphatic carbocycles. The zero-order chi connectivity index (χ0) is 15.4. The largest absolute Gasteiger partial charge is 0.383 e. The van der Waals surface area contributed by atoms with Crippen LogP contribution in [0.15, 0.2) is 16.9 Å². The second-order valence-corrected chi connectivity index (χ2v) is 4.54. The number of carbonyl (C=O) groups excluding carboxylic acids is 1. The number of aromatic amines is 1. The van der Waals surface area contributed by atoms with E-state index in [-0.39, 0.29) is 11.3 Å². The van der Waals surface area contributed by atoms with Crippen molar-refractivity contribution in [3.63, 3.8) is 0 Å². The molecule has 2 rings (SSSR count). The molecule has 2 aromatic rings. The molecule has 0 unspecified atom stereocenters. The zero-order valence-electron chi connectivity index (χ0n) is 12.1. The number of rotatable bonds is 5. The SMILES string of the molecule is COCCn1nc(C(=O)Nc2c(C)n[nH]c2C)ccc1=O. The number of aromatic nitrogens is 4. The van der Waals surface area contributed by atoms with Gasteiger partial charge in [0.25, 0.3) is 11.5 Å². The molecule has 2 N–H and O–H groups in total. The molecule has 0 aromatic carbocycles. The molecule has 0 spiro atoms. The number of nitrogens with one attached hydrogen (secondary N) is 2. The molecule has 8 nitrogen and oxygen atoms in total. The van der Waals surface area contributed by atoms with Gasteiger partial charge in [-0.25, -0.2) is 4.68 Å². The second-order valence-electron chi connectivity index (χ2n) is 4.54. The number of anilines is 1. The van der Waals surface area contributed by atoms with Gasteiger partial charge in [0.15, 0.2) is 0 Å². The molecule has 112 valence electrons. The average molecular weight is 291 g/mol. The highest BCUT2D eigenvalue weighted by Gasteiger charge is 2.14. The summed E-state index contributed by atoms with van der Waals surface area (Å²) in [6.45, 7) is 4.23. The normalized spacial score (nSPS) is 10.6. The number of hydrogen-bond acceptors (Lipinski definition) is 5. The van der Waals surface area contributed by atoms with Crippen molar-refractivity contribution in [2.45, 2.75) is 20.4 Å².